The predicted molar refractivity (Wildman–Crippen MR) is 225 cm³/mol. The first-order valence-corrected chi connectivity index (χ1v) is 23.5. The minimum Gasteiger partial charge on any atom is -0.477 e. The van der Waals surface area contributed by atoms with Crippen molar-refractivity contribution in [1.82, 2.24) is 0 Å². The molecule has 32 heteroatoms. The molecule has 0 radical (unpaired) electrons. The zero-order chi connectivity index (χ0) is 54.1. The summed E-state index contributed by atoms with van der Waals surface area (Å²) in [7, 11) is 0. The van der Waals surface area contributed by atoms with Crippen molar-refractivity contribution in [2.45, 2.75) is 198 Å². The minimum atomic E-state index is -2.86. The fourth-order valence-corrected chi connectivity index (χ4v) is 9.44. The van der Waals surface area contributed by atoms with E-state index in [2.05, 4.69) is 0 Å². The van der Waals surface area contributed by atoms with Gasteiger partial charge in [0.2, 0.25) is 0 Å². The molecule has 6 heterocycles. The van der Waals surface area contributed by atoms with Gasteiger partial charge in [0.15, 0.2) is 31.5 Å². The molecule has 0 aromatic carbocycles. The Morgan fingerprint density at radius 2 is 1.03 bits per heavy atom. The van der Waals surface area contributed by atoms with Gasteiger partial charge in [-0.15, -0.1) is 0 Å². The van der Waals surface area contributed by atoms with Gasteiger partial charge in [0.05, 0.1) is 64.0 Å². The van der Waals surface area contributed by atoms with E-state index in [-0.39, 0.29) is 0 Å². The molecule has 426 valence electrons. The van der Waals surface area contributed by atoms with Gasteiger partial charge in [-0.05, 0) is 0 Å². The second kappa shape index (κ2) is 25.4. The summed E-state index contributed by atoms with van der Waals surface area (Å²) in [4.78, 5) is 12.6. The third kappa shape index (κ3) is 12.4. The molecule has 0 aromatic heterocycles. The highest BCUT2D eigenvalue weighted by Gasteiger charge is 2.58. The summed E-state index contributed by atoms with van der Waals surface area (Å²) >= 11 is 0. The van der Waals surface area contributed by atoms with Crippen molar-refractivity contribution in [3.8, 4) is 0 Å². The molecule has 6 aliphatic rings. The van der Waals surface area contributed by atoms with E-state index >= 15 is 0 Å². The summed E-state index contributed by atoms with van der Waals surface area (Å²) in [5.41, 5.74) is 5.90. The molecule has 21 N–H and O–H groups in total. The van der Waals surface area contributed by atoms with Gasteiger partial charge in [0.1, 0.15) is 116 Å². The lowest BCUT2D eigenvalue weighted by molar-refractivity contribution is -0.398. The van der Waals surface area contributed by atoms with E-state index in [9.17, 15) is 102 Å². The summed E-state index contributed by atoms with van der Waals surface area (Å²) in [5.74, 6) is -7.05. The van der Waals surface area contributed by atoms with Crippen molar-refractivity contribution in [3.05, 3.63) is 0 Å². The van der Waals surface area contributed by atoms with Crippen molar-refractivity contribution in [3.63, 3.8) is 0 Å². The van der Waals surface area contributed by atoms with Crippen LogP contribution in [0.4, 0.5) is 0 Å². The van der Waals surface area contributed by atoms with Crippen molar-refractivity contribution in [2.24, 2.45) is 17.6 Å². The number of aliphatic carboxylic acids is 1. The second-order valence-corrected chi connectivity index (χ2v) is 19.0. The highest BCUT2D eigenvalue weighted by atomic mass is 16.8. The summed E-state index contributed by atoms with van der Waals surface area (Å²) in [6.45, 7) is -3.01. The molecule has 0 saturated carbocycles. The second-order valence-electron chi connectivity index (χ2n) is 19.0. The SMILES string of the molecule is CC1[C@H](O)OC(CO)[C@@H](O[C@@H]2OC(CO)[C@@H](O)[C@H](O[C@H]3O[C@H](CO)[C@@H](O)C(O)C3O[C@@H]3OC(CO)[C@@H](O[C@@H]4OC(CO[C@]5(C(=O)O)C[C@@H](O)[C@@H](N)C([C@H](O)[C@H](O)CO)O5)[C@H](O)C(O)[C@@H]4O)C(O)[C@@H]3C)C2O)[C@@H]1O. The van der Waals surface area contributed by atoms with E-state index in [1.807, 2.05) is 0 Å². The van der Waals surface area contributed by atoms with Crippen molar-refractivity contribution in [2.75, 3.05) is 39.6 Å². The average molecular weight is 1070 g/mol. The lowest BCUT2D eigenvalue weighted by Crippen LogP contribution is -2.68. The van der Waals surface area contributed by atoms with Crippen LogP contribution in [0.3, 0.4) is 0 Å². The van der Waals surface area contributed by atoms with Crippen molar-refractivity contribution < 1.29 is 154 Å². The van der Waals surface area contributed by atoms with E-state index in [0.29, 0.717) is 0 Å². The van der Waals surface area contributed by atoms with Crippen LogP contribution in [0.1, 0.15) is 20.3 Å². The standard InChI is InChI=1S/C41H71NO31/c1-10-20(50)30(16(7-46)64-35(10)60)70-38-29(59)33(25(55)15(6-45)65-38)71-39-34(27(57)23(53)14(5-44)66-39)72-36-11(2)21(51)31(17(8-47)67-36)69-37-28(58)26(56)24(54)18(68-37)9-63-41(40(61)62)3-12(48)19(42)32(73-41)22(52)13(49)4-43/h10-39,43-60H,3-9,42H2,1-2H3,(H,61,62)/t10?,11-,12+,13+,14+,15?,16?,17?,18?,19+,20+,21?,22+,23+,24-,25+,26?,27?,28-,29?,30+,31+,32?,33-,34?,35+,36-,37-,38-,39+,41+/m0/s1. The Kier molecular flexibility index (Phi) is 21.0. The zero-order valence-corrected chi connectivity index (χ0v) is 39.2. The number of carbonyl (C=O) groups is 1. The van der Waals surface area contributed by atoms with E-state index in [0.717, 1.165) is 0 Å². The average Bonchev–Trinajstić information content (AvgIpc) is 3.37. The summed E-state index contributed by atoms with van der Waals surface area (Å²) in [6.07, 6.45) is -50.4. The molecule has 0 aromatic rings. The highest BCUT2D eigenvalue weighted by Crippen LogP contribution is 2.39. The molecule has 0 amide bonds. The van der Waals surface area contributed by atoms with Crippen LogP contribution < -0.4 is 5.73 Å². The maximum absolute atomic E-state index is 12.6. The Hall–Kier alpha value is -1.73. The van der Waals surface area contributed by atoms with E-state index in [1.165, 1.54) is 13.8 Å². The molecule has 6 aliphatic heterocycles. The summed E-state index contributed by atoms with van der Waals surface area (Å²) in [5, 5.41) is 202. The Morgan fingerprint density at radius 3 is 1.60 bits per heavy atom. The highest BCUT2D eigenvalue weighted by molar-refractivity contribution is 5.76. The van der Waals surface area contributed by atoms with Crippen LogP contribution in [-0.4, -0.2) is 320 Å². The molecular formula is C41H71NO31. The predicted octanol–water partition coefficient (Wildman–Crippen LogP) is -12.4. The maximum atomic E-state index is 12.6. The first-order valence-electron chi connectivity index (χ1n) is 23.5. The van der Waals surface area contributed by atoms with Gasteiger partial charge in [-0.2, -0.15) is 0 Å². The number of rotatable bonds is 19. The first kappa shape index (κ1) is 60.5. The molecule has 32 nitrogen and oxygen atoms in total. The fraction of sp³-hybridized carbons (Fsp3) is 0.976. The molecule has 6 rings (SSSR count). The molecule has 0 spiro atoms. The summed E-state index contributed by atoms with van der Waals surface area (Å²) < 4.78 is 62.8. The van der Waals surface area contributed by atoms with Crippen molar-refractivity contribution >= 4 is 5.97 Å². The molecule has 0 bridgehead atoms. The lowest BCUT2D eigenvalue weighted by atomic mass is 9.89. The molecule has 6 saturated heterocycles. The monoisotopic (exact) mass is 1070 g/mol. The van der Waals surface area contributed by atoms with E-state index in [4.69, 9.17) is 57.8 Å². The van der Waals surface area contributed by atoms with Crippen LogP contribution in [0.25, 0.3) is 0 Å². The maximum Gasteiger partial charge on any atom is 0.364 e. The molecule has 73 heavy (non-hydrogen) atoms. The number of aliphatic hydroxyl groups is 18. The Bertz CT molecular complexity index is 1730. The minimum absolute atomic E-state index is 0.787. The molecule has 6 fully saturated rings. The number of nitrogens with two attached hydrogens (primary N) is 1. The number of ether oxygens (including phenoxy) is 11. The molecule has 31 atom stereocenters. The van der Waals surface area contributed by atoms with Gasteiger partial charge in [0, 0.05) is 18.3 Å². The van der Waals surface area contributed by atoms with Crippen LogP contribution in [0.15, 0.2) is 0 Å². The van der Waals surface area contributed by atoms with Crippen LogP contribution >= 0.6 is 0 Å². The number of hydrogen-bond acceptors (Lipinski definition) is 31. The van der Waals surface area contributed by atoms with E-state index in [1.54, 1.807) is 0 Å². The fourth-order valence-electron chi connectivity index (χ4n) is 9.44. The number of hydrogen-bond donors (Lipinski definition) is 20. The molecule has 0 aliphatic carbocycles. The van der Waals surface area contributed by atoms with Crippen LogP contribution in [-0.2, 0) is 56.9 Å². The zero-order valence-electron chi connectivity index (χ0n) is 39.2. The van der Waals surface area contributed by atoms with Gasteiger partial charge < -0.3 is 155 Å². The van der Waals surface area contributed by atoms with Gasteiger partial charge in [0.25, 0.3) is 5.79 Å². The smallest absolute Gasteiger partial charge is 0.364 e. The third-order valence-electron chi connectivity index (χ3n) is 14.2. The van der Waals surface area contributed by atoms with Crippen LogP contribution in [0, 0.1) is 11.8 Å². The molecular weight excluding hydrogens is 1000 g/mol. The van der Waals surface area contributed by atoms with Crippen molar-refractivity contribution in [1.29, 1.82) is 0 Å². The Labute approximate surface area is 414 Å². The summed E-state index contributed by atoms with van der Waals surface area (Å²) in [6, 6.07) is -1.51. The number of carboxylic acid groups (broad SMARTS) is 1. The van der Waals surface area contributed by atoms with Crippen LogP contribution in [0.2, 0.25) is 0 Å². The largest absolute Gasteiger partial charge is 0.477 e. The number of aliphatic hydroxyl groups excluding tert-OH is 18. The Balaban J connectivity index is 1.17. The van der Waals surface area contributed by atoms with Gasteiger partial charge >= 0.3 is 5.97 Å². The van der Waals surface area contributed by atoms with Gasteiger partial charge in [-0.25, -0.2) is 4.79 Å². The third-order valence-corrected chi connectivity index (χ3v) is 14.2. The van der Waals surface area contributed by atoms with Gasteiger partial charge in [-0.1, -0.05) is 13.8 Å². The number of carboxylic acids is 1. The van der Waals surface area contributed by atoms with Crippen LogP contribution in [0.5, 0.6) is 0 Å². The quantitative estimate of drug-likeness (QED) is 0.0571. The Morgan fingerprint density at radius 1 is 0.548 bits per heavy atom. The molecule has 11 unspecified atom stereocenters. The first-order chi connectivity index (χ1) is 34.4. The lowest BCUT2D eigenvalue weighted by Gasteiger charge is -2.50. The normalized spacial score (nSPS) is 50.8. The topological polar surface area (TPSA) is 529 Å². The van der Waals surface area contributed by atoms with Gasteiger partial charge in [-0.3, -0.25) is 0 Å². The van der Waals surface area contributed by atoms with E-state index < -0.39 is 241 Å².